The predicted octanol–water partition coefficient (Wildman–Crippen LogP) is 4.53. The quantitative estimate of drug-likeness (QED) is 0.746. The predicted molar refractivity (Wildman–Crippen MR) is 76.4 cm³/mol. The van der Waals surface area contributed by atoms with E-state index >= 15 is 0 Å². The lowest BCUT2D eigenvalue weighted by Crippen LogP contribution is -2.01. The average Bonchev–Trinajstić information content (AvgIpc) is 2.40. The van der Waals surface area contributed by atoms with E-state index in [1.807, 2.05) is 6.07 Å². The maximum absolute atomic E-state index is 5.63. The molecule has 0 unspecified atom stereocenters. The Morgan fingerprint density at radius 2 is 1.44 bits per heavy atom. The fourth-order valence-corrected chi connectivity index (χ4v) is 1.84. The second kappa shape index (κ2) is 6.36. The van der Waals surface area contributed by atoms with Crippen LogP contribution >= 0.6 is 0 Å². The van der Waals surface area contributed by atoms with Crippen LogP contribution < -0.4 is 0 Å². The number of rotatable bonds is 5. The molecule has 0 saturated carbocycles. The van der Waals surface area contributed by atoms with E-state index in [-0.39, 0.29) is 0 Å². The normalized spacial score (nSPS) is 10.8. The van der Waals surface area contributed by atoms with Gasteiger partial charge >= 0.3 is 0 Å². The van der Waals surface area contributed by atoms with Gasteiger partial charge in [0.15, 0.2) is 0 Å². The standard InChI is InChI=1S/C17H20O/c1-14(2)12-18-13-15-8-10-17(11-9-15)16-6-4-3-5-7-16/h3-11,14H,12-13H2,1-2H3. The van der Waals surface area contributed by atoms with Gasteiger partial charge in [-0.15, -0.1) is 0 Å². The molecule has 18 heavy (non-hydrogen) atoms. The van der Waals surface area contributed by atoms with Gasteiger partial charge in [0, 0.05) is 6.61 Å². The van der Waals surface area contributed by atoms with Crippen LogP contribution in [0.1, 0.15) is 19.4 Å². The maximum atomic E-state index is 5.63. The van der Waals surface area contributed by atoms with E-state index in [9.17, 15) is 0 Å². The van der Waals surface area contributed by atoms with Crippen LogP contribution in [0.15, 0.2) is 54.6 Å². The molecule has 0 aliphatic carbocycles. The zero-order valence-corrected chi connectivity index (χ0v) is 11.1. The Morgan fingerprint density at radius 3 is 2.06 bits per heavy atom. The number of hydrogen-bond acceptors (Lipinski definition) is 1. The number of hydrogen-bond donors (Lipinski definition) is 0. The Balaban J connectivity index is 1.98. The molecular weight excluding hydrogens is 220 g/mol. The zero-order chi connectivity index (χ0) is 12.8. The highest BCUT2D eigenvalue weighted by atomic mass is 16.5. The third kappa shape index (κ3) is 3.71. The van der Waals surface area contributed by atoms with Gasteiger partial charge in [-0.25, -0.2) is 0 Å². The first-order valence-electron chi connectivity index (χ1n) is 6.48. The summed E-state index contributed by atoms with van der Waals surface area (Å²) in [7, 11) is 0. The fourth-order valence-electron chi connectivity index (χ4n) is 1.84. The molecule has 0 radical (unpaired) electrons. The molecule has 0 amide bonds. The topological polar surface area (TPSA) is 9.23 Å². The SMILES string of the molecule is CC(C)COCc1ccc(-c2ccccc2)cc1. The molecule has 2 aromatic carbocycles. The van der Waals surface area contributed by atoms with Crippen LogP contribution in [-0.4, -0.2) is 6.61 Å². The molecule has 0 bridgehead atoms. The van der Waals surface area contributed by atoms with Crippen LogP contribution in [-0.2, 0) is 11.3 Å². The molecule has 0 aromatic heterocycles. The Kier molecular flexibility index (Phi) is 4.54. The summed E-state index contributed by atoms with van der Waals surface area (Å²) in [6, 6.07) is 19.0. The highest BCUT2D eigenvalue weighted by molar-refractivity contribution is 5.63. The Bertz CT molecular complexity index is 457. The van der Waals surface area contributed by atoms with Gasteiger partial charge in [-0.2, -0.15) is 0 Å². The van der Waals surface area contributed by atoms with E-state index in [0.29, 0.717) is 12.5 Å². The molecular formula is C17H20O. The monoisotopic (exact) mass is 240 g/mol. The van der Waals surface area contributed by atoms with Crippen molar-refractivity contribution in [1.29, 1.82) is 0 Å². The van der Waals surface area contributed by atoms with Crippen LogP contribution in [0.25, 0.3) is 11.1 Å². The molecule has 0 aliphatic rings. The molecule has 0 spiro atoms. The molecule has 1 heteroatoms. The van der Waals surface area contributed by atoms with Crippen molar-refractivity contribution in [2.24, 2.45) is 5.92 Å². The van der Waals surface area contributed by atoms with Gasteiger partial charge in [0.25, 0.3) is 0 Å². The van der Waals surface area contributed by atoms with Crippen molar-refractivity contribution >= 4 is 0 Å². The van der Waals surface area contributed by atoms with Crippen molar-refractivity contribution in [3.8, 4) is 11.1 Å². The van der Waals surface area contributed by atoms with Crippen molar-refractivity contribution in [1.82, 2.24) is 0 Å². The second-order valence-corrected chi connectivity index (χ2v) is 4.97. The van der Waals surface area contributed by atoms with Gasteiger partial charge < -0.3 is 4.74 Å². The highest BCUT2D eigenvalue weighted by Crippen LogP contribution is 2.19. The summed E-state index contributed by atoms with van der Waals surface area (Å²) in [4.78, 5) is 0. The van der Waals surface area contributed by atoms with E-state index < -0.39 is 0 Å². The second-order valence-electron chi connectivity index (χ2n) is 4.97. The van der Waals surface area contributed by atoms with Crippen LogP contribution in [0.5, 0.6) is 0 Å². The molecule has 2 aromatic rings. The molecule has 0 atom stereocenters. The Hall–Kier alpha value is -1.60. The van der Waals surface area contributed by atoms with Gasteiger partial charge in [0.2, 0.25) is 0 Å². The molecule has 2 rings (SSSR count). The summed E-state index contributed by atoms with van der Waals surface area (Å²) in [6.45, 7) is 5.85. The lowest BCUT2D eigenvalue weighted by atomic mass is 10.0. The minimum Gasteiger partial charge on any atom is -0.377 e. The van der Waals surface area contributed by atoms with E-state index in [2.05, 4.69) is 62.4 Å². The smallest absolute Gasteiger partial charge is 0.0717 e. The number of ether oxygens (including phenoxy) is 1. The molecule has 0 N–H and O–H groups in total. The molecule has 0 saturated heterocycles. The van der Waals surface area contributed by atoms with Gasteiger partial charge in [-0.1, -0.05) is 68.4 Å². The van der Waals surface area contributed by atoms with Gasteiger partial charge in [-0.3, -0.25) is 0 Å². The van der Waals surface area contributed by atoms with Crippen LogP contribution in [0.4, 0.5) is 0 Å². The van der Waals surface area contributed by atoms with Crippen molar-refractivity contribution in [3.05, 3.63) is 60.2 Å². The lowest BCUT2D eigenvalue weighted by Gasteiger charge is -2.07. The van der Waals surface area contributed by atoms with Crippen LogP contribution in [0.3, 0.4) is 0 Å². The van der Waals surface area contributed by atoms with Crippen molar-refractivity contribution in [2.75, 3.05) is 6.61 Å². The minimum absolute atomic E-state index is 0.591. The number of benzene rings is 2. The van der Waals surface area contributed by atoms with E-state index in [4.69, 9.17) is 4.74 Å². The molecule has 94 valence electrons. The van der Waals surface area contributed by atoms with Crippen molar-refractivity contribution < 1.29 is 4.74 Å². The molecule has 0 aliphatic heterocycles. The fraction of sp³-hybridized carbons (Fsp3) is 0.294. The lowest BCUT2D eigenvalue weighted by molar-refractivity contribution is 0.0971. The van der Waals surface area contributed by atoms with Crippen LogP contribution in [0, 0.1) is 5.92 Å². The average molecular weight is 240 g/mol. The van der Waals surface area contributed by atoms with E-state index in [0.717, 1.165) is 6.61 Å². The van der Waals surface area contributed by atoms with Gasteiger partial charge in [0.05, 0.1) is 6.61 Å². The summed E-state index contributed by atoms with van der Waals surface area (Å²) >= 11 is 0. The third-order valence-electron chi connectivity index (χ3n) is 2.78. The van der Waals surface area contributed by atoms with Crippen molar-refractivity contribution in [2.45, 2.75) is 20.5 Å². The highest BCUT2D eigenvalue weighted by Gasteiger charge is 1.98. The third-order valence-corrected chi connectivity index (χ3v) is 2.78. The van der Waals surface area contributed by atoms with Gasteiger partial charge in [-0.05, 0) is 22.6 Å². The largest absolute Gasteiger partial charge is 0.377 e. The van der Waals surface area contributed by atoms with E-state index in [1.165, 1.54) is 16.7 Å². The first-order valence-corrected chi connectivity index (χ1v) is 6.48. The summed E-state index contributed by atoms with van der Waals surface area (Å²) in [5.41, 5.74) is 3.74. The molecule has 1 nitrogen and oxygen atoms in total. The van der Waals surface area contributed by atoms with Crippen molar-refractivity contribution in [3.63, 3.8) is 0 Å². The van der Waals surface area contributed by atoms with Crippen LogP contribution in [0.2, 0.25) is 0 Å². The first kappa shape index (κ1) is 12.8. The Labute approximate surface area is 109 Å². The van der Waals surface area contributed by atoms with Gasteiger partial charge in [0.1, 0.15) is 0 Å². The summed E-state index contributed by atoms with van der Waals surface area (Å²) in [6.07, 6.45) is 0. The summed E-state index contributed by atoms with van der Waals surface area (Å²) in [5, 5.41) is 0. The maximum Gasteiger partial charge on any atom is 0.0717 e. The molecule has 0 fully saturated rings. The summed E-state index contributed by atoms with van der Waals surface area (Å²) < 4.78 is 5.63. The molecule has 0 heterocycles. The first-order chi connectivity index (χ1) is 8.75. The van der Waals surface area contributed by atoms with E-state index in [1.54, 1.807) is 0 Å². The Morgan fingerprint density at radius 1 is 0.833 bits per heavy atom. The zero-order valence-electron chi connectivity index (χ0n) is 11.1. The summed E-state index contributed by atoms with van der Waals surface area (Å²) in [5.74, 6) is 0.591. The minimum atomic E-state index is 0.591.